The highest BCUT2D eigenvalue weighted by atomic mass is 16.3. The van der Waals surface area contributed by atoms with Gasteiger partial charge in [-0.1, -0.05) is 33.1 Å². The lowest BCUT2D eigenvalue weighted by Gasteiger charge is -2.26. The van der Waals surface area contributed by atoms with E-state index in [-0.39, 0.29) is 17.7 Å². The third-order valence-electron chi connectivity index (χ3n) is 4.38. The maximum Gasteiger partial charge on any atom is 0.289 e. The predicted molar refractivity (Wildman–Crippen MR) is 86.4 cm³/mol. The molecule has 1 aliphatic rings. The maximum atomic E-state index is 12.3. The summed E-state index contributed by atoms with van der Waals surface area (Å²) in [5.41, 5.74) is 0.920. The zero-order chi connectivity index (χ0) is 15.9. The molecular weight excluding hydrogens is 278 g/mol. The highest BCUT2D eigenvalue weighted by molar-refractivity contribution is 5.95. The Morgan fingerprint density at radius 1 is 1.23 bits per heavy atom. The minimum Gasteiger partial charge on any atom is -0.503 e. The Labute approximate surface area is 132 Å². The van der Waals surface area contributed by atoms with Gasteiger partial charge < -0.3 is 14.6 Å². The van der Waals surface area contributed by atoms with Gasteiger partial charge in [-0.2, -0.15) is 0 Å². The highest BCUT2D eigenvalue weighted by Gasteiger charge is 2.37. The SMILES string of the molecule is CCCCCC1C(CC)=C(O)C(=O)N1CCCn1ccnc1. The van der Waals surface area contributed by atoms with Crippen molar-refractivity contribution in [2.24, 2.45) is 0 Å². The van der Waals surface area contributed by atoms with E-state index in [1.807, 2.05) is 22.6 Å². The van der Waals surface area contributed by atoms with Crippen molar-refractivity contribution in [3.05, 3.63) is 30.1 Å². The molecule has 0 spiro atoms. The first kappa shape index (κ1) is 16.6. The van der Waals surface area contributed by atoms with Crippen LogP contribution in [0.5, 0.6) is 0 Å². The first-order chi connectivity index (χ1) is 10.7. The van der Waals surface area contributed by atoms with Crippen molar-refractivity contribution >= 4 is 5.91 Å². The third-order valence-corrected chi connectivity index (χ3v) is 4.38. The van der Waals surface area contributed by atoms with Gasteiger partial charge in [0.1, 0.15) is 0 Å². The van der Waals surface area contributed by atoms with Gasteiger partial charge in [-0.05, 0) is 24.8 Å². The average Bonchev–Trinajstić information content (AvgIpc) is 3.10. The van der Waals surface area contributed by atoms with E-state index in [0.29, 0.717) is 6.54 Å². The van der Waals surface area contributed by atoms with Crippen molar-refractivity contribution < 1.29 is 9.90 Å². The van der Waals surface area contributed by atoms with Crippen LogP contribution in [0.1, 0.15) is 52.4 Å². The Kier molecular flexibility index (Phi) is 6.04. The number of aryl methyl sites for hydroxylation is 1. The molecule has 1 unspecified atom stereocenters. The summed E-state index contributed by atoms with van der Waals surface area (Å²) in [6.45, 7) is 5.71. The molecule has 1 atom stereocenters. The maximum absolute atomic E-state index is 12.3. The lowest BCUT2D eigenvalue weighted by atomic mass is 9.99. The molecule has 0 bridgehead atoms. The largest absolute Gasteiger partial charge is 0.503 e. The number of unbranched alkanes of at least 4 members (excludes halogenated alkanes) is 2. The van der Waals surface area contributed by atoms with E-state index in [9.17, 15) is 9.90 Å². The molecule has 0 saturated carbocycles. The molecule has 2 heterocycles. The number of hydrogen-bond acceptors (Lipinski definition) is 3. The third kappa shape index (κ3) is 3.70. The fourth-order valence-electron chi connectivity index (χ4n) is 3.18. The molecule has 1 N–H and O–H groups in total. The summed E-state index contributed by atoms with van der Waals surface area (Å²) in [7, 11) is 0. The van der Waals surface area contributed by atoms with Crippen LogP contribution >= 0.6 is 0 Å². The zero-order valence-corrected chi connectivity index (χ0v) is 13.7. The van der Waals surface area contributed by atoms with Crippen molar-refractivity contribution in [3.63, 3.8) is 0 Å². The van der Waals surface area contributed by atoms with Gasteiger partial charge >= 0.3 is 0 Å². The van der Waals surface area contributed by atoms with Crippen LogP contribution < -0.4 is 0 Å². The van der Waals surface area contributed by atoms with Crippen molar-refractivity contribution in [3.8, 4) is 0 Å². The fraction of sp³-hybridized carbons (Fsp3) is 0.647. The van der Waals surface area contributed by atoms with Gasteiger partial charge in [0.15, 0.2) is 5.76 Å². The lowest BCUT2D eigenvalue weighted by Crippen LogP contribution is -2.37. The van der Waals surface area contributed by atoms with Crippen molar-refractivity contribution in [2.45, 2.75) is 65.0 Å². The number of carbonyl (C=O) groups excluding carboxylic acids is 1. The van der Waals surface area contributed by atoms with Crippen LogP contribution in [0.15, 0.2) is 30.1 Å². The Morgan fingerprint density at radius 2 is 2.05 bits per heavy atom. The zero-order valence-electron chi connectivity index (χ0n) is 13.7. The number of amides is 1. The molecule has 22 heavy (non-hydrogen) atoms. The quantitative estimate of drug-likeness (QED) is 0.712. The molecule has 1 aromatic rings. The van der Waals surface area contributed by atoms with Crippen molar-refractivity contribution in [1.29, 1.82) is 0 Å². The Morgan fingerprint density at radius 3 is 2.68 bits per heavy atom. The van der Waals surface area contributed by atoms with E-state index in [1.54, 1.807) is 12.5 Å². The Bertz CT molecular complexity index is 508. The minimum atomic E-state index is -0.191. The summed E-state index contributed by atoms with van der Waals surface area (Å²) >= 11 is 0. The van der Waals surface area contributed by atoms with Crippen LogP contribution in [0.4, 0.5) is 0 Å². The number of hydrogen-bond donors (Lipinski definition) is 1. The van der Waals surface area contributed by atoms with Gasteiger partial charge in [-0.15, -0.1) is 0 Å². The van der Waals surface area contributed by atoms with Crippen LogP contribution in [-0.4, -0.2) is 38.1 Å². The standard InChI is InChI=1S/C17H27N3O2/c1-3-5-6-8-15-14(4-2)16(21)17(22)20(15)11-7-10-19-12-9-18-13-19/h9,12-13,15,21H,3-8,10-11H2,1-2H3. The fourth-order valence-corrected chi connectivity index (χ4v) is 3.18. The minimum absolute atomic E-state index is 0.00775. The smallest absolute Gasteiger partial charge is 0.289 e. The monoisotopic (exact) mass is 305 g/mol. The van der Waals surface area contributed by atoms with Gasteiger partial charge in [-0.3, -0.25) is 4.79 Å². The molecule has 5 heteroatoms. The first-order valence-corrected chi connectivity index (χ1v) is 8.37. The number of carbonyl (C=O) groups is 1. The predicted octanol–water partition coefficient (Wildman–Crippen LogP) is 3.29. The number of imidazole rings is 1. The van der Waals surface area contributed by atoms with Crippen LogP contribution in [0.3, 0.4) is 0 Å². The molecule has 0 saturated heterocycles. The molecule has 0 radical (unpaired) electrons. The number of aliphatic hydroxyl groups excluding tert-OH is 1. The molecule has 0 aromatic carbocycles. The molecule has 0 aliphatic carbocycles. The first-order valence-electron chi connectivity index (χ1n) is 8.37. The second-order valence-electron chi connectivity index (χ2n) is 5.89. The lowest BCUT2D eigenvalue weighted by molar-refractivity contribution is -0.129. The molecule has 2 rings (SSSR count). The molecular formula is C17H27N3O2. The molecule has 1 aliphatic heterocycles. The van der Waals surface area contributed by atoms with Crippen LogP contribution in [-0.2, 0) is 11.3 Å². The molecule has 122 valence electrons. The van der Waals surface area contributed by atoms with Crippen LogP contribution in [0.25, 0.3) is 0 Å². The highest BCUT2D eigenvalue weighted by Crippen LogP contribution is 2.30. The summed E-state index contributed by atoms with van der Waals surface area (Å²) in [5.74, 6) is -0.199. The van der Waals surface area contributed by atoms with Gasteiger partial charge in [0.25, 0.3) is 5.91 Å². The van der Waals surface area contributed by atoms with Gasteiger partial charge in [0, 0.05) is 25.5 Å². The normalized spacial score (nSPS) is 18.5. The Balaban J connectivity index is 1.95. The second kappa shape index (κ2) is 8.01. The van der Waals surface area contributed by atoms with E-state index in [4.69, 9.17) is 0 Å². The number of rotatable bonds is 9. The van der Waals surface area contributed by atoms with E-state index >= 15 is 0 Å². The van der Waals surface area contributed by atoms with E-state index < -0.39 is 0 Å². The Hall–Kier alpha value is -1.78. The molecule has 5 nitrogen and oxygen atoms in total. The molecule has 1 amide bonds. The number of aliphatic hydroxyl groups is 1. The van der Waals surface area contributed by atoms with E-state index in [2.05, 4.69) is 11.9 Å². The molecule has 0 fully saturated rings. The summed E-state index contributed by atoms with van der Waals surface area (Å²) in [6, 6.07) is 0.0897. The topological polar surface area (TPSA) is 58.4 Å². The summed E-state index contributed by atoms with van der Waals surface area (Å²) in [4.78, 5) is 18.2. The van der Waals surface area contributed by atoms with Crippen LogP contribution in [0, 0.1) is 0 Å². The molecule has 1 aromatic heterocycles. The van der Waals surface area contributed by atoms with Crippen molar-refractivity contribution in [2.75, 3.05) is 6.54 Å². The summed E-state index contributed by atoms with van der Waals surface area (Å²) in [5, 5.41) is 10.1. The number of nitrogens with zero attached hydrogens (tertiary/aromatic N) is 3. The average molecular weight is 305 g/mol. The van der Waals surface area contributed by atoms with Gasteiger partial charge in [0.05, 0.1) is 12.4 Å². The van der Waals surface area contributed by atoms with Gasteiger partial charge in [-0.25, -0.2) is 4.98 Å². The van der Waals surface area contributed by atoms with Crippen molar-refractivity contribution in [1.82, 2.24) is 14.5 Å². The second-order valence-corrected chi connectivity index (χ2v) is 5.89. The number of aromatic nitrogens is 2. The summed E-state index contributed by atoms with van der Waals surface area (Å²) in [6.07, 6.45) is 11.5. The van der Waals surface area contributed by atoms with Gasteiger partial charge in [0.2, 0.25) is 0 Å². The summed E-state index contributed by atoms with van der Waals surface area (Å²) < 4.78 is 2.01. The van der Waals surface area contributed by atoms with E-state index in [0.717, 1.165) is 37.8 Å². The van der Waals surface area contributed by atoms with E-state index in [1.165, 1.54) is 12.8 Å². The van der Waals surface area contributed by atoms with Crippen LogP contribution in [0.2, 0.25) is 0 Å².